The zero-order valence-corrected chi connectivity index (χ0v) is 10.7. The summed E-state index contributed by atoms with van der Waals surface area (Å²) in [6.45, 7) is 1.35. The molecule has 1 amide bonds. The van der Waals surface area contributed by atoms with Gasteiger partial charge in [-0.2, -0.15) is 0 Å². The largest absolute Gasteiger partial charge is 0.480 e. The van der Waals surface area contributed by atoms with Crippen molar-refractivity contribution in [3.05, 3.63) is 16.9 Å². The molecule has 17 heavy (non-hydrogen) atoms. The first kappa shape index (κ1) is 13.7. The fraction of sp³-hybridized carbons (Fsp3) is 0.333. The minimum atomic E-state index is -1.13. The Morgan fingerprint density at radius 3 is 2.76 bits per heavy atom. The van der Waals surface area contributed by atoms with E-state index in [9.17, 15) is 9.59 Å². The predicted molar refractivity (Wildman–Crippen MR) is 63.4 cm³/mol. The highest BCUT2D eigenvalue weighted by atomic mass is 35.5. The van der Waals surface area contributed by atoms with E-state index in [2.05, 4.69) is 15.3 Å². The average Bonchev–Trinajstić information content (AvgIpc) is 2.29. The number of carboxylic acid groups (broad SMARTS) is 1. The fourth-order valence-electron chi connectivity index (χ4n) is 0.935. The standard InChI is InChI=1S/C9H10ClN3O3S/c1-4(8(15)16)12-7(14)6-5(10)3-11-9(13-6)17-2/h3-4H,1-2H3,(H,12,14)(H,15,16)/t4-/m0/s1. The summed E-state index contributed by atoms with van der Waals surface area (Å²) in [6, 6.07) is -1.01. The maximum absolute atomic E-state index is 11.7. The van der Waals surface area contributed by atoms with Crippen LogP contribution in [-0.4, -0.2) is 39.2 Å². The van der Waals surface area contributed by atoms with Crippen LogP contribution in [0.2, 0.25) is 5.02 Å². The molecular weight excluding hydrogens is 266 g/mol. The molecule has 8 heteroatoms. The molecule has 0 saturated carbocycles. The molecule has 0 bridgehead atoms. The first-order valence-electron chi connectivity index (χ1n) is 4.56. The third-order valence-corrected chi connectivity index (χ3v) is 2.68. The number of hydrogen-bond acceptors (Lipinski definition) is 5. The molecule has 1 aromatic heterocycles. The summed E-state index contributed by atoms with van der Waals surface area (Å²) in [5.74, 6) is -1.77. The first-order chi connectivity index (χ1) is 7.95. The number of amides is 1. The molecule has 0 radical (unpaired) electrons. The molecule has 1 aromatic rings. The van der Waals surface area contributed by atoms with Gasteiger partial charge < -0.3 is 10.4 Å². The van der Waals surface area contributed by atoms with Gasteiger partial charge in [0.25, 0.3) is 5.91 Å². The van der Waals surface area contributed by atoms with Crippen molar-refractivity contribution in [2.75, 3.05) is 6.26 Å². The Morgan fingerprint density at radius 1 is 1.59 bits per heavy atom. The number of aliphatic carboxylic acids is 1. The number of aromatic nitrogens is 2. The monoisotopic (exact) mass is 275 g/mol. The van der Waals surface area contributed by atoms with Gasteiger partial charge in [-0.15, -0.1) is 0 Å². The SMILES string of the molecule is CSc1ncc(Cl)c(C(=O)N[C@@H](C)C(=O)O)n1. The maximum atomic E-state index is 11.7. The molecular formula is C9H10ClN3O3S. The number of nitrogens with one attached hydrogen (secondary N) is 1. The van der Waals surface area contributed by atoms with Crippen LogP contribution in [0, 0.1) is 0 Å². The topological polar surface area (TPSA) is 92.2 Å². The van der Waals surface area contributed by atoms with Crippen LogP contribution in [0.25, 0.3) is 0 Å². The molecule has 0 unspecified atom stereocenters. The summed E-state index contributed by atoms with van der Waals surface area (Å²) >= 11 is 7.03. The Bertz CT molecular complexity index is 455. The Labute approximate surface area is 107 Å². The highest BCUT2D eigenvalue weighted by Gasteiger charge is 2.19. The third-order valence-electron chi connectivity index (χ3n) is 1.84. The van der Waals surface area contributed by atoms with Gasteiger partial charge >= 0.3 is 5.97 Å². The second-order valence-corrected chi connectivity index (χ2v) is 4.27. The minimum Gasteiger partial charge on any atom is -0.480 e. The number of carbonyl (C=O) groups excluding carboxylic acids is 1. The predicted octanol–water partition coefficient (Wildman–Crippen LogP) is 1.05. The normalized spacial score (nSPS) is 11.9. The lowest BCUT2D eigenvalue weighted by Gasteiger charge is -2.09. The first-order valence-corrected chi connectivity index (χ1v) is 6.16. The average molecular weight is 276 g/mol. The quantitative estimate of drug-likeness (QED) is 0.630. The lowest BCUT2D eigenvalue weighted by atomic mass is 10.3. The zero-order valence-electron chi connectivity index (χ0n) is 9.10. The van der Waals surface area contributed by atoms with Crippen LogP contribution >= 0.6 is 23.4 Å². The van der Waals surface area contributed by atoms with Crippen molar-refractivity contribution in [2.45, 2.75) is 18.1 Å². The van der Waals surface area contributed by atoms with Gasteiger partial charge in [-0.1, -0.05) is 23.4 Å². The van der Waals surface area contributed by atoms with E-state index in [1.807, 2.05) is 0 Å². The Morgan fingerprint density at radius 2 is 2.24 bits per heavy atom. The van der Waals surface area contributed by atoms with Crippen molar-refractivity contribution >= 4 is 35.2 Å². The van der Waals surface area contributed by atoms with Gasteiger partial charge in [0.2, 0.25) is 0 Å². The van der Waals surface area contributed by atoms with Crippen molar-refractivity contribution in [1.29, 1.82) is 0 Å². The summed E-state index contributed by atoms with van der Waals surface area (Å²) in [6.07, 6.45) is 3.06. The van der Waals surface area contributed by atoms with Crippen LogP contribution in [-0.2, 0) is 4.79 Å². The second-order valence-electron chi connectivity index (χ2n) is 3.09. The molecule has 0 aliphatic heterocycles. The van der Waals surface area contributed by atoms with E-state index >= 15 is 0 Å². The van der Waals surface area contributed by atoms with Crippen molar-refractivity contribution < 1.29 is 14.7 Å². The number of nitrogens with zero attached hydrogens (tertiary/aromatic N) is 2. The molecule has 0 saturated heterocycles. The molecule has 92 valence electrons. The lowest BCUT2D eigenvalue weighted by Crippen LogP contribution is -2.38. The Hall–Kier alpha value is -1.34. The molecule has 0 spiro atoms. The van der Waals surface area contributed by atoms with Crippen LogP contribution in [0.1, 0.15) is 17.4 Å². The molecule has 0 fully saturated rings. The van der Waals surface area contributed by atoms with Gasteiger partial charge in [0.15, 0.2) is 10.9 Å². The van der Waals surface area contributed by atoms with Crippen molar-refractivity contribution in [1.82, 2.24) is 15.3 Å². The van der Waals surface area contributed by atoms with Crippen LogP contribution in [0.4, 0.5) is 0 Å². The van der Waals surface area contributed by atoms with Gasteiger partial charge in [0.1, 0.15) is 6.04 Å². The van der Waals surface area contributed by atoms with Gasteiger partial charge in [-0.3, -0.25) is 9.59 Å². The molecule has 1 atom stereocenters. The fourth-order valence-corrected chi connectivity index (χ4v) is 1.45. The van der Waals surface area contributed by atoms with E-state index < -0.39 is 17.9 Å². The van der Waals surface area contributed by atoms with E-state index in [1.54, 1.807) is 6.26 Å². The highest BCUT2D eigenvalue weighted by Crippen LogP contribution is 2.16. The maximum Gasteiger partial charge on any atom is 0.325 e. The summed E-state index contributed by atoms with van der Waals surface area (Å²) < 4.78 is 0. The molecule has 0 aliphatic carbocycles. The van der Waals surface area contributed by atoms with E-state index in [1.165, 1.54) is 24.9 Å². The molecule has 2 N–H and O–H groups in total. The minimum absolute atomic E-state index is 0.0286. The van der Waals surface area contributed by atoms with Crippen LogP contribution in [0.15, 0.2) is 11.4 Å². The van der Waals surface area contributed by atoms with E-state index in [4.69, 9.17) is 16.7 Å². The number of rotatable bonds is 4. The zero-order chi connectivity index (χ0) is 13.0. The number of carbonyl (C=O) groups is 2. The molecule has 1 heterocycles. The summed E-state index contributed by atoms with van der Waals surface area (Å²) in [5.41, 5.74) is -0.0286. The molecule has 0 aliphatic rings. The number of halogens is 1. The lowest BCUT2D eigenvalue weighted by molar-refractivity contribution is -0.138. The summed E-state index contributed by atoms with van der Waals surface area (Å²) in [5, 5.41) is 11.4. The number of carboxylic acids is 1. The smallest absolute Gasteiger partial charge is 0.325 e. The Balaban J connectivity index is 2.91. The van der Waals surface area contributed by atoms with Crippen molar-refractivity contribution in [3.63, 3.8) is 0 Å². The highest BCUT2D eigenvalue weighted by molar-refractivity contribution is 7.98. The molecule has 6 nitrogen and oxygen atoms in total. The van der Waals surface area contributed by atoms with Crippen molar-refractivity contribution in [2.24, 2.45) is 0 Å². The molecule has 0 aromatic carbocycles. The van der Waals surface area contributed by atoms with Crippen LogP contribution in [0.3, 0.4) is 0 Å². The van der Waals surface area contributed by atoms with Crippen molar-refractivity contribution in [3.8, 4) is 0 Å². The summed E-state index contributed by atoms with van der Waals surface area (Å²) in [7, 11) is 0. The molecule has 1 rings (SSSR count). The summed E-state index contributed by atoms with van der Waals surface area (Å²) in [4.78, 5) is 30.1. The Kier molecular flexibility index (Phi) is 4.71. The number of thioether (sulfide) groups is 1. The van der Waals surface area contributed by atoms with E-state index in [-0.39, 0.29) is 10.7 Å². The second kappa shape index (κ2) is 5.83. The van der Waals surface area contributed by atoms with E-state index in [0.717, 1.165) is 0 Å². The van der Waals surface area contributed by atoms with Gasteiger partial charge in [-0.05, 0) is 13.2 Å². The van der Waals surface area contributed by atoms with E-state index in [0.29, 0.717) is 5.16 Å². The van der Waals surface area contributed by atoms with Gasteiger partial charge in [0.05, 0.1) is 11.2 Å². The number of hydrogen-bond donors (Lipinski definition) is 2. The van der Waals surface area contributed by atoms with Crippen LogP contribution < -0.4 is 5.32 Å². The van der Waals surface area contributed by atoms with Crippen LogP contribution in [0.5, 0.6) is 0 Å². The van der Waals surface area contributed by atoms with Gasteiger partial charge in [-0.25, -0.2) is 9.97 Å². The third kappa shape index (κ3) is 3.57. The van der Waals surface area contributed by atoms with Gasteiger partial charge in [0, 0.05) is 0 Å².